The van der Waals surface area contributed by atoms with E-state index in [1.54, 1.807) is 0 Å². The molecule has 21 heavy (non-hydrogen) atoms. The number of hydrogen-bond donors (Lipinski definition) is 0. The zero-order chi connectivity index (χ0) is 16.0. The van der Waals surface area contributed by atoms with E-state index in [1.807, 2.05) is 0 Å². The van der Waals surface area contributed by atoms with Crippen molar-refractivity contribution in [3.05, 3.63) is 0 Å². The van der Waals surface area contributed by atoms with Crippen LogP contribution in [-0.2, 0) is 4.43 Å². The van der Waals surface area contributed by atoms with Gasteiger partial charge in [-0.15, -0.1) is 0 Å². The number of halogens is 1. The minimum absolute atomic E-state index is 0.666. The molecule has 1 nitrogen and oxygen atoms in total. The van der Waals surface area contributed by atoms with Gasteiger partial charge in [-0.05, 0) is 24.1 Å². The van der Waals surface area contributed by atoms with Crippen molar-refractivity contribution < 1.29 is 4.43 Å². The normalized spacial score (nSPS) is 14.6. The first-order valence-corrected chi connectivity index (χ1v) is 14.0. The minimum atomic E-state index is -1.49. The van der Waals surface area contributed by atoms with Gasteiger partial charge in [-0.25, -0.2) is 0 Å². The minimum Gasteiger partial charge on any atom is -0.417 e. The van der Waals surface area contributed by atoms with Gasteiger partial charge in [-0.2, -0.15) is 11.1 Å². The molecular formula is C17H37ClOSi2. The van der Waals surface area contributed by atoms with Crippen molar-refractivity contribution in [1.82, 2.24) is 0 Å². The second-order valence-corrected chi connectivity index (χ2v) is 14.6. The van der Waals surface area contributed by atoms with E-state index in [9.17, 15) is 0 Å². The first kappa shape index (κ1) is 21.7. The highest BCUT2D eigenvalue weighted by molar-refractivity contribution is 7.20. The van der Waals surface area contributed by atoms with Gasteiger partial charge in [-0.3, -0.25) is 0 Å². The van der Waals surface area contributed by atoms with Crippen molar-refractivity contribution in [2.75, 3.05) is 6.61 Å². The third-order valence-electron chi connectivity index (χ3n) is 4.35. The predicted octanol–water partition coefficient (Wildman–Crippen LogP) is 6.80. The highest BCUT2D eigenvalue weighted by atomic mass is 35.6. The number of rotatable bonds is 15. The third kappa shape index (κ3) is 14.0. The van der Waals surface area contributed by atoms with E-state index >= 15 is 0 Å². The van der Waals surface area contributed by atoms with Crippen molar-refractivity contribution in [1.29, 1.82) is 0 Å². The molecule has 0 fully saturated rings. The van der Waals surface area contributed by atoms with E-state index in [0.29, 0.717) is 15.3 Å². The summed E-state index contributed by atoms with van der Waals surface area (Å²) in [5, 5.41) is 0. The van der Waals surface area contributed by atoms with Gasteiger partial charge in [0.15, 0.2) is 7.38 Å². The van der Waals surface area contributed by atoms with Crippen LogP contribution in [-0.4, -0.2) is 23.8 Å². The first-order chi connectivity index (χ1) is 10.0. The standard InChI is InChI=1S/C17H37ClOSi2/c1-5-6-7-8-9-10-11-12-15-20-19-14-13-16-21(4,18)17(2)3/h17H,5-16H2,1-4H3. The Morgan fingerprint density at radius 3 is 2.10 bits per heavy atom. The van der Waals surface area contributed by atoms with Crippen LogP contribution in [0.3, 0.4) is 0 Å². The molecule has 0 aromatic rings. The van der Waals surface area contributed by atoms with E-state index in [2.05, 4.69) is 27.3 Å². The Kier molecular flexibility index (Phi) is 14.8. The average molecular weight is 349 g/mol. The molecule has 0 bridgehead atoms. The molecule has 0 aromatic carbocycles. The second kappa shape index (κ2) is 14.3. The Morgan fingerprint density at radius 1 is 0.952 bits per heavy atom. The van der Waals surface area contributed by atoms with Crippen molar-refractivity contribution in [3.63, 3.8) is 0 Å². The maximum absolute atomic E-state index is 6.60. The zero-order valence-electron chi connectivity index (χ0n) is 14.8. The Labute approximate surface area is 142 Å². The maximum atomic E-state index is 6.60. The molecule has 0 rings (SSSR count). The lowest BCUT2D eigenvalue weighted by atomic mass is 10.1. The van der Waals surface area contributed by atoms with Gasteiger partial charge in [0.2, 0.25) is 9.76 Å². The molecule has 0 saturated carbocycles. The molecule has 2 radical (unpaired) electrons. The summed E-state index contributed by atoms with van der Waals surface area (Å²) in [6, 6.07) is 2.45. The molecule has 0 aliphatic carbocycles. The fourth-order valence-electron chi connectivity index (χ4n) is 2.25. The van der Waals surface area contributed by atoms with Crippen LogP contribution < -0.4 is 0 Å². The molecule has 0 heterocycles. The van der Waals surface area contributed by atoms with Crippen LogP contribution in [0, 0.1) is 0 Å². The van der Waals surface area contributed by atoms with Crippen LogP contribution in [0.4, 0.5) is 0 Å². The monoisotopic (exact) mass is 348 g/mol. The summed E-state index contributed by atoms with van der Waals surface area (Å²) >= 11 is 6.60. The quantitative estimate of drug-likeness (QED) is 0.180. The molecule has 0 spiro atoms. The van der Waals surface area contributed by atoms with Gasteiger partial charge >= 0.3 is 0 Å². The van der Waals surface area contributed by atoms with Crippen molar-refractivity contribution in [2.45, 2.75) is 103 Å². The van der Waals surface area contributed by atoms with E-state index in [4.69, 9.17) is 15.5 Å². The summed E-state index contributed by atoms with van der Waals surface area (Å²) < 4.78 is 5.76. The molecule has 0 saturated heterocycles. The zero-order valence-corrected chi connectivity index (χ0v) is 17.6. The lowest BCUT2D eigenvalue weighted by Crippen LogP contribution is -2.26. The van der Waals surface area contributed by atoms with E-state index in [-0.39, 0.29) is 0 Å². The molecular weight excluding hydrogens is 312 g/mol. The molecule has 0 amide bonds. The molecule has 0 N–H and O–H groups in total. The highest BCUT2D eigenvalue weighted by Crippen LogP contribution is 2.29. The Balaban J connectivity index is 3.16. The summed E-state index contributed by atoms with van der Waals surface area (Å²) in [5.74, 6) is 0. The van der Waals surface area contributed by atoms with Gasteiger partial charge in [0.05, 0.1) is 0 Å². The van der Waals surface area contributed by atoms with E-state index < -0.39 is 7.38 Å². The van der Waals surface area contributed by atoms with Gasteiger partial charge in [0.25, 0.3) is 0 Å². The fraction of sp³-hybridized carbons (Fsp3) is 1.00. The second-order valence-electron chi connectivity index (χ2n) is 6.75. The van der Waals surface area contributed by atoms with Crippen LogP contribution in [0.5, 0.6) is 0 Å². The molecule has 4 heteroatoms. The van der Waals surface area contributed by atoms with Gasteiger partial charge in [-0.1, -0.05) is 78.7 Å². The summed E-state index contributed by atoms with van der Waals surface area (Å²) in [5.41, 5.74) is 0.666. The molecule has 126 valence electrons. The SMILES string of the molecule is CCCCCCCCCC[Si]OCCC[Si](C)(Cl)C(C)C. The van der Waals surface area contributed by atoms with E-state index in [1.165, 1.54) is 63.5 Å². The molecule has 1 atom stereocenters. The summed E-state index contributed by atoms with van der Waals surface area (Å²) in [4.78, 5) is 0. The lowest BCUT2D eigenvalue weighted by Gasteiger charge is -2.23. The number of hydrogen-bond acceptors (Lipinski definition) is 1. The maximum Gasteiger partial charge on any atom is 0.229 e. The predicted molar refractivity (Wildman–Crippen MR) is 101 cm³/mol. The summed E-state index contributed by atoms with van der Waals surface area (Å²) in [7, 11) is -0.781. The summed E-state index contributed by atoms with van der Waals surface area (Å²) in [6.45, 7) is 9.98. The number of unbranched alkanes of at least 4 members (excludes halogenated alkanes) is 7. The van der Waals surface area contributed by atoms with Crippen LogP contribution in [0.25, 0.3) is 0 Å². The van der Waals surface area contributed by atoms with Crippen molar-refractivity contribution >= 4 is 28.2 Å². The van der Waals surface area contributed by atoms with Gasteiger partial charge in [0, 0.05) is 6.61 Å². The van der Waals surface area contributed by atoms with Crippen molar-refractivity contribution in [3.8, 4) is 0 Å². The highest BCUT2D eigenvalue weighted by Gasteiger charge is 2.27. The first-order valence-electron chi connectivity index (χ1n) is 9.04. The Bertz CT molecular complexity index is 223. The lowest BCUT2D eigenvalue weighted by molar-refractivity contribution is 0.333. The third-order valence-corrected chi connectivity index (χ3v) is 10.9. The molecule has 0 aliphatic rings. The van der Waals surface area contributed by atoms with Crippen LogP contribution in [0.2, 0.25) is 24.2 Å². The van der Waals surface area contributed by atoms with Crippen molar-refractivity contribution in [2.24, 2.45) is 0 Å². The molecule has 0 aromatic heterocycles. The Morgan fingerprint density at radius 2 is 1.52 bits per heavy atom. The van der Waals surface area contributed by atoms with Crippen LogP contribution in [0.1, 0.15) is 78.6 Å². The van der Waals surface area contributed by atoms with Gasteiger partial charge < -0.3 is 4.43 Å². The average Bonchev–Trinajstić information content (AvgIpc) is 2.43. The molecule has 1 unspecified atom stereocenters. The Hall–Kier alpha value is 0.684. The smallest absolute Gasteiger partial charge is 0.229 e. The largest absolute Gasteiger partial charge is 0.417 e. The van der Waals surface area contributed by atoms with Crippen LogP contribution >= 0.6 is 11.1 Å². The van der Waals surface area contributed by atoms with Crippen LogP contribution in [0.15, 0.2) is 0 Å². The summed E-state index contributed by atoms with van der Waals surface area (Å²) in [6.07, 6.45) is 12.4. The molecule has 0 aliphatic heterocycles. The van der Waals surface area contributed by atoms with Gasteiger partial charge in [0.1, 0.15) is 0 Å². The topological polar surface area (TPSA) is 9.23 Å². The van der Waals surface area contributed by atoms with E-state index in [0.717, 1.165) is 13.0 Å². The fourth-order valence-corrected chi connectivity index (χ4v) is 4.90.